The van der Waals surface area contributed by atoms with Gasteiger partial charge in [0.15, 0.2) is 0 Å². The number of hydrogen-bond acceptors (Lipinski definition) is 4. The molecule has 0 atom stereocenters. The first-order chi connectivity index (χ1) is 11.0. The van der Waals surface area contributed by atoms with Gasteiger partial charge in [0.2, 0.25) is 10.0 Å². The van der Waals surface area contributed by atoms with Crippen LogP contribution in [-0.4, -0.2) is 45.5 Å². The highest BCUT2D eigenvalue weighted by Gasteiger charge is 2.32. The maximum absolute atomic E-state index is 12.9. The van der Waals surface area contributed by atoms with Crippen LogP contribution in [0, 0.1) is 5.92 Å². The van der Waals surface area contributed by atoms with E-state index >= 15 is 0 Å². The fraction of sp³-hybridized carbons (Fsp3) is 0.625. The van der Waals surface area contributed by atoms with Crippen molar-refractivity contribution in [2.75, 3.05) is 26.7 Å². The van der Waals surface area contributed by atoms with Gasteiger partial charge in [-0.15, -0.1) is 12.4 Å². The van der Waals surface area contributed by atoms with E-state index in [-0.39, 0.29) is 17.3 Å². The summed E-state index contributed by atoms with van der Waals surface area (Å²) in [6, 6.07) is 5.11. The van der Waals surface area contributed by atoms with Crippen molar-refractivity contribution in [2.24, 2.45) is 5.92 Å². The summed E-state index contributed by atoms with van der Waals surface area (Å²) >= 11 is 5.97. The Morgan fingerprint density at radius 3 is 2.50 bits per heavy atom. The third-order valence-corrected chi connectivity index (χ3v) is 6.74. The molecule has 2 fully saturated rings. The Labute approximate surface area is 155 Å². The Balaban J connectivity index is 0.00000208. The molecule has 0 unspecified atom stereocenters. The Morgan fingerprint density at radius 1 is 1.25 bits per heavy atom. The second-order valence-electron chi connectivity index (χ2n) is 6.33. The Hall–Kier alpha value is -0.530. The highest BCUT2D eigenvalue weighted by Crippen LogP contribution is 2.31. The van der Waals surface area contributed by atoms with Gasteiger partial charge in [-0.05, 0) is 56.3 Å². The van der Waals surface area contributed by atoms with Crippen LogP contribution in [0.1, 0.15) is 25.7 Å². The predicted molar refractivity (Wildman–Crippen MR) is 97.8 cm³/mol. The average molecular weight is 395 g/mol. The molecule has 5 nitrogen and oxygen atoms in total. The van der Waals surface area contributed by atoms with Crippen molar-refractivity contribution in [2.45, 2.75) is 36.6 Å². The molecular formula is C16H24Cl2N2O3S. The summed E-state index contributed by atoms with van der Waals surface area (Å²) in [5.41, 5.74) is 0. The molecule has 0 radical (unpaired) electrons. The van der Waals surface area contributed by atoms with Crippen molar-refractivity contribution in [1.82, 2.24) is 9.62 Å². The predicted octanol–water partition coefficient (Wildman–Crippen LogP) is 2.92. The molecule has 1 saturated heterocycles. The number of benzene rings is 1. The lowest BCUT2D eigenvalue weighted by Crippen LogP contribution is -2.45. The monoisotopic (exact) mass is 394 g/mol. The highest BCUT2D eigenvalue weighted by molar-refractivity contribution is 7.89. The largest absolute Gasteiger partial charge is 0.495 e. The summed E-state index contributed by atoms with van der Waals surface area (Å²) in [5.74, 6) is 1.18. The van der Waals surface area contributed by atoms with Crippen LogP contribution < -0.4 is 10.1 Å². The van der Waals surface area contributed by atoms with Crippen LogP contribution in [0.4, 0.5) is 0 Å². The fourth-order valence-corrected chi connectivity index (χ4v) is 4.83. The normalized spacial score (nSPS) is 19.8. The lowest BCUT2D eigenvalue weighted by atomic mass is 10.1. The van der Waals surface area contributed by atoms with Gasteiger partial charge in [-0.3, -0.25) is 0 Å². The zero-order valence-electron chi connectivity index (χ0n) is 13.7. The third-order valence-electron chi connectivity index (χ3n) is 4.59. The van der Waals surface area contributed by atoms with Gasteiger partial charge in [0.25, 0.3) is 0 Å². The van der Waals surface area contributed by atoms with E-state index < -0.39 is 10.0 Å². The summed E-state index contributed by atoms with van der Waals surface area (Å²) in [4.78, 5) is 0.150. The molecule has 24 heavy (non-hydrogen) atoms. The molecule has 1 aromatic carbocycles. The summed E-state index contributed by atoms with van der Waals surface area (Å²) in [7, 11) is -2.10. The second kappa shape index (κ2) is 8.23. The van der Waals surface area contributed by atoms with Crippen LogP contribution in [0.25, 0.3) is 0 Å². The van der Waals surface area contributed by atoms with E-state index in [9.17, 15) is 8.42 Å². The fourth-order valence-electron chi connectivity index (χ4n) is 2.95. The first-order valence-electron chi connectivity index (χ1n) is 8.08. The van der Waals surface area contributed by atoms with Gasteiger partial charge in [-0.2, -0.15) is 4.31 Å². The SMILES string of the molecule is COc1ccc(Cl)cc1S(=O)(=O)N1CCC(NCC2CC2)CC1.Cl. The van der Waals surface area contributed by atoms with Crippen LogP contribution >= 0.6 is 24.0 Å². The van der Waals surface area contributed by atoms with Gasteiger partial charge < -0.3 is 10.1 Å². The van der Waals surface area contributed by atoms with Gasteiger partial charge in [-0.1, -0.05) is 11.6 Å². The number of ether oxygens (including phenoxy) is 1. The van der Waals surface area contributed by atoms with E-state index in [0.717, 1.165) is 25.3 Å². The number of methoxy groups -OCH3 is 1. The molecule has 1 aromatic rings. The number of hydrogen-bond donors (Lipinski definition) is 1. The molecule has 0 amide bonds. The van der Waals surface area contributed by atoms with Crippen LogP contribution in [0.5, 0.6) is 5.75 Å². The zero-order chi connectivity index (χ0) is 16.4. The molecule has 136 valence electrons. The number of piperidine rings is 1. The maximum atomic E-state index is 12.9. The van der Waals surface area contributed by atoms with Crippen molar-refractivity contribution in [1.29, 1.82) is 0 Å². The molecular weight excluding hydrogens is 371 g/mol. The highest BCUT2D eigenvalue weighted by atomic mass is 35.5. The van der Waals surface area contributed by atoms with Crippen molar-refractivity contribution in [3.8, 4) is 5.75 Å². The number of sulfonamides is 1. The minimum Gasteiger partial charge on any atom is -0.495 e. The second-order valence-corrected chi connectivity index (χ2v) is 8.67. The minimum absolute atomic E-state index is 0. The number of nitrogens with one attached hydrogen (secondary N) is 1. The maximum Gasteiger partial charge on any atom is 0.246 e. The molecule has 8 heteroatoms. The summed E-state index contributed by atoms with van der Waals surface area (Å²) in [6.07, 6.45) is 4.34. The lowest BCUT2D eigenvalue weighted by molar-refractivity contribution is 0.287. The van der Waals surface area contributed by atoms with E-state index in [4.69, 9.17) is 16.3 Å². The van der Waals surface area contributed by atoms with Gasteiger partial charge in [-0.25, -0.2) is 8.42 Å². The van der Waals surface area contributed by atoms with Crippen LogP contribution in [0.2, 0.25) is 5.02 Å². The topological polar surface area (TPSA) is 58.6 Å². The van der Waals surface area contributed by atoms with E-state index in [1.165, 1.54) is 30.3 Å². The molecule has 0 bridgehead atoms. The minimum atomic E-state index is -3.57. The number of nitrogens with zero attached hydrogens (tertiary/aromatic N) is 1. The van der Waals surface area contributed by atoms with E-state index in [1.54, 1.807) is 12.1 Å². The van der Waals surface area contributed by atoms with Gasteiger partial charge in [0.1, 0.15) is 10.6 Å². The van der Waals surface area contributed by atoms with Crippen molar-refractivity contribution < 1.29 is 13.2 Å². The van der Waals surface area contributed by atoms with E-state index in [2.05, 4.69) is 5.32 Å². The first-order valence-corrected chi connectivity index (χ1v) is 9.89. The summed E-state index contributed by atoms with van der Waals surface area (Å²) in [5, 5.41) is 3.95. The molecule has 1 aliphatic heterocycles. The van der Waals surface area contributed by atoms with Crippen molar-refractivity contribution in [3.05, 3.63) is 23.2 Å². The molecule has 1 aliphatic carbocycles. The van der Waals surface area contributed by atoms with Crippen LogP contribution in [0.3, 0.4) is 0 Å². The molecule has 0 spiro atoms. The Morgan fingerprint density at radius 2 is 1.92 bits per heavy atom. The zero-order valence-corrected chi connectivity index (χ0v) is 16.1. The van der Waals surface area contributed by atoms with E-state index in [1.807, 2.05) is 0 Å². The summed E-state index contributed by atoms with van der Waals surface area (Å²) < 4.78 is 32.5. The smallest absolute Gasteiger partial charge is 0.246 e. The molecule has 0 aromatic heterocycles. The standard InChI is InChI=1S/C16H23ClN2O3S.ClH/c1-22-15-5-4-13(17)10-16(15)23(20,21)19-8-6-14(7-9-19)18-11-12-2-3-12;/h4-5,10,12,14,18H,2-3,6-9,11H2,1H3;1H. The van der Waals surface area contributed by atoms with E-state index in [0.29, 0.717) is 29.9 Å². The van der Waals surface area contributed by atoms with Crippen LogP contribution in [-0.2, 0) is 10.0 Å². The Bertz CT molecular complexity index is 657. The third kappa shape index (κ3) is 4.55. The number of rotatable bonds is 6. The van der Waals surface area contributed by atoms with Crippen molar-refractivity contribution >= 4 is 34.0 Å². The molecule has 2 aliphatic rings. The number of halogens is 2. The van der Waals surface area contributed by atoms with Crippen LogP contribution in [0.15, 0.2) is 23.1 Å². The molecule has 1 N–H and O–H groups in total. The lowest BCUT2D eigenvalue weighted by Gasteiger charge is -2.32. The average Bonchev–Trinajstić information content (AvgIpc) is 3.37. The molecule has 3 rings (SSSR count). The van der Waals surface area contributed by atoms with Gasteiger partial charge in [0, 0.05) is 24.2 Å². The van der Waals surface area contributed by atoms with Gasteiger partial charge in [0.05, 0.1) is 7.11 Å². The molecule has 1 heterocycles. The molecule has 1 saturated carbocycles. The van der Waals surface area contributed by atoms with Crippen molar-refractivity contribution in [3.63, 3.8) is 0 Å². The summed E-state index contributed by atoms with van der Waals surface area (Å²) in [6.45, 7) is 2.13. The Kier molecular flexibility index (Phi) is 6.79. The first kappa shape index (κ1) is 19.8. The quantitative estimate of drug-likeness (QED) is 0.805. The van der Waals surface area contributed by atoms with Gasteiger partial charge >= 0.3 is 0 Å².